The minimum atomic E-state index is -0.404. The van der Waals surface area contributed by atoms with E-state index in [-0.39, 0.29) is 78.5 Å². The van der Waals surface area contributed by atoms with Gasteiger partial charge in [-0.25, -0.2) is 0 Å². The SMILES string of the molecule is CC(C)(C)c1ccc(O)c(Sc2cc(C(C)(C)C)cc(Sc3cc(C(C)(C)C)cc(Sc4cc(C(C)(C)C)cc(Sc5cc(C(C)(C)C)cc(Sc6cc(C(C)(C)C)cc(Sc7cc(C(C)(C)C)cc(Sc8cc(C(C)(C)C)ccc8O)c7O)c6O)c5O)c4O)c3O)c2O)c1. The van der Waals surface area contributed by atoms with E-state index in [2.05, 4.69) is 166 Å². The van der Waals surface area contributed by atoms with Gasteiger partial charge in [-0.2, -0.15) is 0 Å². The average molecular weight is 1410 g/mol. The zero-order valence-corrected chi connectivity index (χ0v) is 65.5. The van der Waals surface area contributed by atoms with E-state index in [1.165, 1.54) is 82.3 Å². The van der Waals surface area contributed by atoms with Gasteiger partial charge in [-0.15, -0.1) is 0 Å². The summed E-state index contributed by atoms with van der Waals surface area (Å²) < 4.78 is 0. The lowest BCUT2D eigenvalue weighted by atomic mass is 9.87. The predicted molar refractivity (Wildman–Crippen MR) is 403 cm³/mol. The fourth-order valence-corrected chi connectivity index (χ4v) is 17.5. The van der Waals surface area contributed by atoms with Crippen molar-refractivity contribution in [3.05, 3.63) is 154 Å². The van der Waals surface area contributed by atoms with Crippen LogP contribution in [-0.4, -0.2) is 40.9 Å². The van der Waals surface area contributed by atoms with Gasteiger partial charge in [0.15, 0.2) is 0 Å². The van der Waals surface area contributed by atoms with Crippen molar-refractivity contribution >= 4 is 82.3 Å². The minimum Gasteiger partial charge on any atom is -0.507 e. The summed E-state index contributed by atoms with van der Waals surface area (Å²) in [6.07, 6.45) is 0. The molecule has 0 bridgehead atoms. The second-order valence-electron chi connectivity index (χ2n) is 33.0. The predicted octanol–water partition coefficient (Wildman–Crippen LogP) is 24.8. The second kappa shape index (κ2) is 27.4. The summed E-state index contributed by atoms with van der Waals surface area (Å²) >= 11 is 8.92. The molecule has 0 fully saturated rings. The van der Waals surface area contributed by atoms with E-state index in [1.54, 1.807) is 12.1 Å². The van der Waals surface area contributed by atoms with Gasteiger partial charge >= 0.3 is 0 Å². The third-order valence-corrected chi connectivity index (χ3v) is 24.1. The van der Waals surface area contributed by atoms with Crippen molar-refractivity contribution in [3.8, 4) is 46.0 Å². The van der Waals surface area contributed by atoms with Crippen LogP contribution in [0.3, 0.4) is 0 Å². The van der Waals surface area contributed by atoms with Gasteiger partial charge < -0.3 is 40.9 Å². The maximum absolute atomic E-state index is 12.7. The molecule has 8 rings (SSSR count). The summed E-state index contributed by atoms with van der Waals surface area (Å²) in [6.45, 7) is 50.8. The lowest BCUT2D eigenvalue weighted by molar-refractivity contribution is 0.441. The van der Waals surface area contributed by atoms with Crippen LogP contribution in [0.15, 0.2) is 178 Å². The van der Waals surface area contributed by atoms with Crippen LogP contribution in [0.2, 0.25) is 0 Å². The Hall–Kier alpha value is -5.39. The number of rotatable bonds is 14. The highest BCUT2D eigenvalue weighted by Gasteiger charge is 2.31. The number of benzene rings is 8. The number of hydrogen-bond donors (Lipinski definition) is 8. The Labute approximate surface area is 596 Å². The summed E-state index contributed by atoms with van der Waals surface area (Å²) in [5, 5.41) is 97.3. The molecule has 8 nitrogen and oxygen atoms in total. The number of phenolic OH excluding ortho intramolecular Hbond substituents is 8. The lowest BCUT2D eigenvalue weighted by Gasteiger charge is -2.25. The summed E-state index contributed by atoms with van der Waals surface area (Å²) in [6, 6.07) is 34.9. The summed E-state index contributed by atoms with van der Waals surface area (Å²) in [7, 11) is 0. The zero-order valence-electron chi connectivity index (χ0n) is 59.8. The molecule has 0 atom stereocenters. The number of aromatic hydroxyl groups is 8. The smallest absolute Gasteiger partial charge is 0.143 e. The molecule has 0 aromatic heterocycles. The third-order valence-electron chi connectivity index (χ3n) is 16.6. The molecule has 0 amide bonds. The van der Waals surface area contributed by atoms with Crippen molar-refractivity contribution in [2.24, 2.45) is 0 Å². The molecule has 8 aromatic rings. The third kappa shape index (κ3) is 17.9. The van der Waals surface area contributed by atoms with Gasteiger partial charge in [0.2, 0.25) is 0 Å². The first kappa shape index (κ1) is 75.4. The molecule has 0 unspecified atom stereocenters. The van der Waals surface area contributed by atoms with Gasteiger partial charge in [0.1, 0.15) is 46.0 Å². The molecule has 8 N–H and O–H groups in total. The fourth-order valence-electron chi connectivity index (χ4n) is 9.98. The Balaban J connectivity index is 1.20. The molecule has 95 heavy (non-hydrogen) atoms. The van der Waals surface area contributed by atoms with Crippen molar-refractivity contribution in [1.29, 1.82) is 0 Å². The highest BCUT2D eigenvalue weighted by atomic mass is 32.2. The fraction of sp³-hybridized carbons (Fsp3) is 0.400. The molecule has 8 aromatic carbocycles. The van der Waals surface area contributed by atoms with E-state index in [1.807, 2.05) is 97.1 Å². The van der Waals surface area contributed by atoms with Crippen molar-refractivity contribution < 1.29 is 40.9 Å². The van der Waals surface area contributed by atoms with E-state index < -0.39 is 10.8 Å². The largest absolute Gasteiger partial charge is 0.507 e. The Bertz CT molecular complexity index is 3960. The first-order valence-electron chi connectivity index (χ1n) is 32.1. The van der Waals surface area contributed by atoms with Crippen LogP contribution < -0.4 is 0 Å². The summed E-state index contributed by atoms with van der Waals surface area (Å²) in [5.41, 5.74) is 5.18. The molecule has 0 heterocycles. The Morgan fingerprint density at radius 3 is 0.411 bits per heavy atom. The molecule has 0 aliphatic heterocycles. The lowest BCUT2D eigenvalue weighted by Crippen LogP contribution is -2.12. The standard InChI is InChI=1S/C80H98O8S7/c1-73(2,3)43-25-27-51(81)53(29-43)89-55-31-45(75(7,8)9)33-57(67(55)83)91-59-35-47(77(13,14)15)37-61(69(59)85)93-63-39-49(79(19,20)21)41-65(71(63)87)95-66-42-50(80(22,23)24)40-64(72(66)88)94-62-38-48(78(16,17)18)36-60(70(62)86)92-58-34-46(76(10,11)12)32-56(68(58)84)90-54-30-44(74(4,5)6)26-28-52(54)82/h25-42,81-88H,1-24H3. The van der Waals surface area contributed by atoms with E-state index >= 15 is 0 Å². The first-order valence-corrected chi connectivity index (χ1v) is 37.8. The van der Waals surface area contributed by atoms with Crippen LogP contribution in [0.4, 0.5) is 0 Å². The molecular weight excluding hydrogens is 1310 g/mol. The van der Waals surface area contributed by atoms with Crippen LogP contribution in [0.5, 0.6) is 46.0 Å². The van der Waals surface area contributed by atoms with E-state index in [4.69, 9.17) is 0 Å². The van der Waals surface area contributed by atoms with Crippen LogP contribution >= 0.6 is 82.3 Å². The van der Waals surface area contributed by atoms with E-state index in [0.29, 0.717) is 68.5 Å². The van der Waals surface area contributed by atoms with Gasteiger partial charge in [0, 0.05) is 0 Å². The van der Waals surface area contributed by atoms with E-state index in [9.17, 15) is 40.9 Å². The molecule has 0 saturated heterocycles. The van der Waals surface area contributed by atoms with Gasteiger partial charge in [-0.3, -0.25) is 0 Å². The number of hydrogen-bond acceptors (Lipinski definition) is 15. The molecular formula is C80H98O8S7. The van der Waals surface area contributed by atoms with Crippen LogP contribution in [0.1, 0.15) is 211 Å². The van der Waals surface area contributed by atoms with Crippen molar-refractivity contribution in [2.45, 2.75) is 278 Å². The van der Waals surface area contributed by atoms with Crippen LogP contribution in [0, 0.1) is 0 Å². The van der Waals surface area contributed by atoms with Gasteiger partial charge in [0.05, 0.1) is 68.5 Å². The quantitative estimate of drug-likeness (QED) is 0.0519. The highest BCUT2D eigenvalue weighted by molar-refractivity contribution is 8.02. The Morgan fingerprint density at radius 1 is 0.168 bits per heavy atom. The number of phenols is 8. The van der Waals surface area contributed by atoms with Crippen LogP contribution in [-0.2, 0) is 43.3 Å². The van der Waals surface area contributed by atoms with Crippen molar-refractivity contribution in [1.82, 2.24) is 0 Å². The normalized spacial score (nSPS) is 13.1. The molecule has 0 saturated carbocycles. The van der Waals surface area contributed by atoms with Crippen molar-refractivity contribution in [3.63, 3.8) is 0 Å². The maximum atomic E-state index is 12.7. The Kier molecular flexibility index (Phi) is 21.7. The Morgan fingerprint density at radius 2 is 0.284 bits per heavy atom. The second-order valence-corrected chi connectivity index (χ2v) is 40.6. The summed E-state index contributed by atoms with van der Waals surface area (Å²) in [5.74, 6) is 0.226. The molecule has 0 aliphatic carbocycles. The van der Waals surface area contributed by atoms with E-state index in [0.717, 1.165) is 44.5 Å². The molecule has 0 aliphatic rings. The molecule has 0 radical (unpaired) electrons. The molecule has 0 spiro atoms. The van der Waals surface area contributed by atoms with Gasteiger partial charge in [-0.1, -0.05) is 261 Å². The highest BCUT2D eigenvalue weighted by Crippen LogP contribution is 2.57. The zero-order chi connectivity index (χ0) is 71.0. The first-order chi connectivity index (χ1) is 43.4. The minimum absolute atomic E-state index is 0.0107. The van der Waals surface area contributed by atoms with Gasteiger partial charge in [0.25, 0.3) is 0 Å². The molecule has 15 heteroatoms. The average Bonchev–Trinajstić information content (AvgIpc) is 0.786. The van der Waals surface area contributed by atoms with Gasteiger partial charge in [-0.05, 0) is 185 Å². The topological polar surface area (TPSA) is 162 Å². The summed E-state index contributed by atoms with van der Waals surface area (Å²) in [4.78, 5) is 7.51. The monoisotopic (exact) mass is 1410 g/mol. The van der Waals surface area contributed by atoms with Crippen LogP contribution in [0.25, 0.3) is 0 Å². The maximum Gasteiger partial charge on any atom is 0.143 e. The molecule has 508 valence electrons. The van der Waals surface area contributed by atoms with Crippen molar-refractivity contribution in [2.75, 3.05) is 0 Å².